The summed E-state index contributed by atoms with van der Waals surface area (Å²) in [6.07, 6.45) is 6.27. The standard InChI is InChI=1S/C13H19ClN4/c1-11-8-12(15-7-5-3-2-4-6-14)18-13(9-11)16-10-17-18/h8-10,15H,2-7H2,1H3. The highest BCUT2D eigenvalue weighted by atomic mass is 35.5. The van der Waals surface area contributed by atoms with Crippen molar-refractivity contribution >= 4 is 23.1 Å². The Kier molecular flexibility index (Phi) is 4.81. The molecule has 2 aromatic rings. The summed E-state index contributed by atoms with van der Waals surface area (Å²) >= 11 is 5.65. The molecule has 2 heterocycles. The van der Waals surface area contributed by atoms with Crippen molar-refractivity contribution in [3.63, 3.8) is 0 Å². The van der Waals surface area contributed by atoms with Crippen molar-refractivity contribution in [2.75, 3.05) is 17.7 Å². The Morgan fingerprint density at radius 3 is 2.89 bits per heavy atom. The SMILES string of the molecule is Cc1cc(NCCCCCCCl)n2ncnc2c1. The molecule has 0 radical (unpaired) electrons. The van der Waals surface area contributed by atoms with Gasteiger partial charge in [-0.05, 0) is 37.5 Å². The second-order valence-electron chi connectivity index (χ2n) is 4.48. The first-order valence-corrected chi connectivity index (χ1v) is 6.95. The zero-order valence-corrected chi connectivity index (χ0v) is 11.5. The Balaban J connectivity index is 1.89. The lowest BCUT2D eigenvalue weighted by molar-refractivity contribution is 0.685. The van der Waals surface area contributed by atoms with E-state index in [0.29, 0.717) is 0 Å². The molecule has 2 aromatic heterocycles. The number of rotatable bonds is 7. The van der Waals surface area contributed by atoms with E-state index in [1.807, 2.05) is 10.6 Å². The molecule has 0 bridgehead atoms. The summed E-state index contributed by atoms with van der Waals surface area (Å²) in [5, 5.41) is 7.63. The van der Waals surface area contributed by atoms with Gasteiger partial charge in [0.1, 0.15) is 12.1 Å². The van der Waals surface area contributed by atoms with Crippen molar-refractivity contribution < 1.29 is 0 Å². The Labute approximate surface area is 112 Å². The average Bonchev–Trinajstić information content (AvgIpc) is 2.81. The Bertz CT molecular complexity index is 495. The number of nitrogens with one attached hydrogen (secondary N) is 1. The van der Waals surface area contributed by atoms with Crippen molar-refractivity contribution in [2.45, 2.75) is 32.6 Å². The van der Waals surface area contributed by atoms with E-state index in [-0.39, 0.29) is 0 Å². The van der Waals surface area contributed by atoms with Crippen LogP contribution in [-0.2, 0) is 0 Å². The molecule has 0 unspecified atom stereocenters. The third kappa shape index (κ3) is 3.35. The van der Waals surface area contributed by atoms with Gasteiger partial charge in [-0.1, -0.05) is 12.8 Å². The van der Waals surface area contributed by atoms with E-state index in [2.05, 4.69) is 28.4 Å². The van der Waals surface area contributed by atoms with Gasteiger partial charge in [0.05, 0.1) is 0 Å². The summed E-state index contributed by atoms with van der Waals surface area (Å²) in [7, 11) is 0. The number of anilines is 1. The quantitative estimate of drug-likeness (QED) is 0.618. The molecular weight excluding hydrogens is 248 g/mol. The summed E-state index contributed by atoms with van der Waals surface area (Å²) < 4.78 is 1.84. The predicted octanol–water partition coefficient (Wildman–Crippen LogP) is 3.25. The number of aromatic nitrogens is 3. The van der Waals surface area contributed by atoms with E-state index in [9.17, 15) is 0 Å². The van der Waals surface area contributed by atoms with Gasteiger partial charge in [-0.15, -0.1) is 11.6 Å². The van der Waals surface area contributed by atoms with Crippen LogP contribution in [0.1, 0.15) is 31.2 Å². The molecular formula is C13H19ClN4. The van der Waals surface area contributed by atoms with Crippen LogP contribution in [0.4, 0.5) is 5.82 Å². The Morgan fingerprint density at radius 2 is 2.06 bits per heavy atom. The highest BCUT2D eigenvalue weighted by Gasteiger charge is 2.02. The van der Waals surface area contributed by atoms with Crippen molar-refractivity contribution in [1.82, 2.24) is 14.6 Å². The van der Waals surface area contributed by atoms with Gasteiger partial charge in [0, 0.05) is 12.4 Å². The largest absolute Gasteiger partial charge is 0.370 e. The highest BCUT2D eigenvalue weighted by molar-refractivity contribution is 6.17. The fraction of sp³-hybridized carbons (Fsp3) is 0.538. The first-order valence-electron chi connectivity index (χ1n) is 6.41. The maximum atomic E-state index is 5.65. The van der Waals surface area contributed by atoms with E-state index < -0.39 is 0 Å². The van der Waals surface area contributed by atoms with Crippen LogP contribution < -0.4 is 5.32 Å². The Morgan fingerprint density at radius 1 is 1.22 bits per heavy atom. The number of unbranched alkanes of at least 4 members (excludes halogenated alkanes) is 3. The summed E-state index contributed by atoms with van der Waals surface area (Å²) in [5.41, 5.74) is 2.08. The second kappa shape index (κ2) is 6.59. The van der Waals surface area contributed by atoms with Crippen LogP contribution in [0.2, 0.25) is 0 Å². The van der Waals surface area contributed by atoms with Gasteiger partial charge in [0.2, 0.25) is 0 Å². The number of fused-ring (bicyclic) bond motifs is 1. The first kappa shape index (κ1) is 13.1. The number of pyridine rings is 1. The molecule has 0 amide bonds. The lowest BCUT2D eigenvalue weighted by atomic mass is 10.2. The summed E-state index contributed by atoms with van der Waals surface area (Å²) in [6, 6.07) is 4.12. The van der Waals surface area contributed by atoms with Crippen LogP contribution in [0.5, 0.6) is 0 Å². The molecule has 0 saturated carbocycles. The van der Waals surface area contributed by atoms with Crippen LogP contribution in [0.15, 0.2) is 18.5 Å². The topological polar surface area (TPSA) is 42.2 Å². The normalized spacial score (nSPS) is 11.0. The molecule has 4 nitrogen and oxygen atoms in total. The summed E-state index contributed by atoms with van der Waals surface area (Å²) in [6.45, 7) is 3.03. The number of aryl methyl sites for hydroxylation is 1. The molecule has 0 aliphatic heterocycles. The molecule has 2 rings (SSSR count). The van der Waals surface area contributed by atoms with Crippen molar-refractivity contribution in [3.8, 4) is 0 Å². The maximum absolute atomic E-state index is 5.65. The van der Waals surface area contributed by atoms with Crippen LogP contribution in [0.25, 0.3) is 5.65 Å². The van der Waals surface area contributed by atoms with E-state index in [4.69, 9.17) is 11.6 Å². The smallest absolute Gasteiger partial charge is 0.157 e. The van der Waals surface area contributed by atoms with E-state index in [1.54, 1.807) is 6.33 Å². The molecule has 0 aromatic carbocycles. The lowest BCUT2D eigenvalue weighted by Crippen LogP contribution is -2.07. The fourth-order valence-corrected chi connectivity index (χ4v) is 2.16. The second-order valence-corrected chi connectivity index (χ2v) is 4.86. The molecule has 0 fully saturated rings. The highest BCUT2D eigenvalue weighted by Crippen LogP contribution is 2.13. The van der Waals surface area contributed by atoms with E-state index in [1.165, 1.54) is 18.4 Å². The molecule has 18 heavy (non-hydrogen) atoms. The van der Waals surface area contributed by atoms with Gasteiger partial charge in [-0.25, -0.2) is 4.98 Å². The lowest BCUT2D eigenvalue weighted by Gasteiger charge is -2.08. The van der Waals surface area contributed by atoms with Crippen LogP contribution in [0, 0.1) is 6.92 Å². The maximum Gasteiger partial charge on any atom is 0.157 e. The number of hydrogen-bond acceptors (Lipinski definition) is 3. The third-order valence-corrected chi connectivity index (χ3v) is 3.16. The molecule has 0 saturated heterocycles. The Hall–Kier alpha value is -1.29. The number of alkyl halides is 1. The monoisotopic (exact) mass is 266 g/mol. The van der Waals surface area contributed by atoms with E-state index in [0.717, 1.165) is 36.7 Å². The van der Waals surface area contributed by atoms with Crippen LogP contribution in [0.3, 0.4) is 0 Å². The van der Waals surface area contributed by atoms with Crippen molar-refractivity contribution in [3.05, 3.63) is 24.0 Å². The van der Waals surface area contributed by atoms with Gasteiger partial charge in [-0.2, -0.15) is 9.61 Å². The minimum Gasteiger partial charge on any atom is -0.370 e. The average molecular weight is 267 g/mol. The molecule has 0 aliphatic carbocycles. The molecule has 0 spiro atoms. The van der Waals surface area contributed by atoms with Gasteiger partial charge in [0.15, 0.2) is 5.65 Å². The number of halogens is 1. The zero-order valence-electron chi connectivity index (χ0n) is 10.7. The molecule has 1 N–H and O–H groups in total. The molecule has 98 valence electrons. The minimum atomic E-state index is 0.769. The molecule has 0 atom stereocenters. The van der Waals surface area contributed by atoms with Crippen LogP contribution in [-0.4, -0.2) is 27.0 Å². The third-order valence-electron chi connectivity index (χ3n) is 2.89. The van der Waals surface area contributed by atoms with E-state index >= 15 is 0 Å². The first-order chi connectivity index (χ1) is 8.81. The summed E-state index contributed by atoms with van der Waals surface area (Å²) in [4.78, 5) is 4.21. The fourth-order valence-electron chi connectivity index (χ4n) is 1.97. The summed E-state index contributed by atoms with van der Waals surface area (Å²) in [5.74, 6) is 1.78. The van der Waals surface area contributed by atoms with Crippen molar-refractivity contribution in [2.24, 2.45) is 0 Å². The molecule has 5 heteroatoms. The zero-order chi connectivity index (χ0) is 12.8. The number of hydrogen-bond donors (Lipinski definition) is 1. The molecule has 0 aliphatic rings. The van der Waals surface area contributed by atoms with Gasteiger partial charge in [0.25, 0.3) is 0 Å². The minimum absolute atomic E-state index is 0.769. The van der Waals surface area contributed by atoms with Gasteiger partial charge < -0.3 is 5.32 Å². The van der Waals surface area contributed by atoms with Gasteiger partial charge >= 0.3 is 0 Å². The van der Waals surface area contributed by atoms with Crippen LogP contribution >= 0.6 is 11.6 Å². The number of nitrogens with zero attached hydrogens (tertiary/aromatic N) is 3. The van der Waals surface area contributed by atoms with Crippen molar-refractivity contribution in [1.29, 1.82) is 0 Å². The predicted molar refractivity (Wildman–Crippen MR) is 75.4 cm³/mol. The van der Waals surface area contributed by atoms with Gasteiger partial charge in [-0.3, -0.25) is 0 Å².